The molecule has 3 heterocycles. The first kappa shape index (κ1) is 23.4. The second kappa shape index (κ2) is 8.81. The molecule has 0 fully saturated rings. The Kier molecular flexibility index (Phi) is 5.41. The zero-order chi connectivity index (χ0) is 26.6. The molecule has 0 saturated carbocycles. The van der Waals surface area contributed by atoms with E-state index in [2.05, 4.69) is 10.3 Å². The lowest BCUT2D eigenvalue weighted by atomic mass is 10.1. The van der Waals surface area contributed by atoms with E-state index in [0.717, 1.165) is 10.9 Å². The summed E-state index contributed by atoms with van der Waals surface area (Å²) in [5, 5.41) is 4.32. The van der Waals surface area contributed by atoms with E-state index in [-0.39, 0.29) is 11.6 Å². The second-order valence-electron chi connectivity index (χ2n) is 8.94. The molecule has 0 saturated heterocycles. The largest absolute Gasteiger partial charge is 0.497 e. The molecule has 1 atom stereocenters. The number of nitrogens with one attached hydrogen (secondary N) is 1. The molecule has 0 spiro atoms. The van der Waals surface area contributed by atoms with Crippen LogP contribution in [0, 0.1) is 5.82 Å². The van der Waals surface area contributed by atoms with Gasteiger partial charge in [-0.3, -0.25) is 23.9 Å². The van der Waals surface area contributed by atoms with Gasteiger partial charge in [-0.25, -0.2) is 9.37 Å². The molecule has 1 aliphatic rings. The predicted molar refractivity (Wildman–Crippen MR) is 140 cm³/mol. The molecule has 0 radical (unpaired) electrons. The number of hydrogen-bond acceptors (Lipinski definition) is 5. The van der Waals surface area contributed by atoms with Crippen molar-refractivity contribution in [3.63, 3.8) is 0 Å². The van der Waals surface area contributed by atoms with Crippen LogP contribution in [0.1, 0.15) is 33.8 Å². The summed E-state index contributed by atoms with van der Waals surface area (Å²) in [6, 6.07) is 18.7. The average Bonchev–Trinajstić information content (AvgIpc) is 3.40. The summed E-state index contributed by atoms with van der Waals surface area (Å²) in [6.45, 7) is 1.47. The monoisotopic (exact) mass is 508 g/mol. The molecule has 3 aromatic carbocycles. The standard InChI is InChI=1S/C29H21FN4O4/c1-16(35)33-24-6-4-3-5-20(24)21-14-23(31-15-26(21)33)28(36)32-27-22-13-19(38-2)11-12-25(22)34(29(27)37)18-9-7-17(30)8-10-18/h3-15,27H,1-2H3,(H,32,36). The van der Waals surface area contributed by atoms with Crippen LogP contribution in [0.2, 0.25) is 0 Å². The lowest BCUT2D eigenvalue weighted by Gasteiger charge is -2.18. The Hall–Kier alpha value is -5.05. The third kappa shape index (κ3) is 3.59. The van der Waals surface area contributed by atoms with Crippen LogP contribution in [-0.4, -0.2) is 34.4 Å². The highest BCUT2D eigenvalue weighted by atomic mass is 19.1. The van der Waals surface area contributed by atoms with Crippen molar-refractivity contribution in [2.45, 2.75) is 13.0 Å². The van der Waals surface area contributed by atoms with Crippen LogP contribution in [-0.2, 0) is 4.79 Å². The summed E-state index contributed by atoms with van der Waals surface area (Å²) < 4.78 is 20.5. The Morgan fingerprint density at radius 3 is 2.47 bits per heavy atom. The molecule has 2 aromatic heterocycles. The highest BCUT2D eigenvalue weighted by Crippen LogP contribution is 2.42. The van der Waals surface area contributed by atoms with Crippen LogP contribution in [0.3, 0.4) is 0 Å². The third-order valence-corrected chi connectivity index (χ3v) is 6.72. The molecule has 0 aliphatic carbocycles. The van der Waals surface area contributed by atoms with Gasteiger partial charge >= 0.3 is 0 Å². The van der Waals surface area contributed by atoms with E-state index in [0.29, 0.717) is 33.6 Å². The Bertz CT molecular complexity index is 1780. The maximum atomic E-state index is 13.6. The molecular weight excluding hydrogens is 487 g/mol. The third-order valence-electron chi connectivity index (χ3n) is 6.72. The van der Waals surface area contributed by atoms with Gasteiger partial charge in [0.05, 0.1) is 30.0 Å². The number of fused-ring (bicyclic) bond motifs is 4. The lowest BCUT2D eigenvalue weighted by Crippen LogP contribution is -2.36. The number of pyridine rings is 1. The number of halogens is 1. The molecule has 8 nitrogen and oxygen atoms in total. The molecule has 0 bridgehead atoms. The summed E-state index contributed by atoms with van der Waals surface area (Å²) in [6.07, 6.45) is 1.49. The molecule has 188 valence electrons. The number of aromatic nitrogens is 2. The summed E-state index contributed by atoms with van der Waals surface area (Å²) >= 11 is 0. The van der Waals surface area contributed by atoms with Crippen LogP contribution in [0.25, 0.3) is 21.8 Å². The molecular formula is C29H21FN4O4. The van der Waals surface area contributed by atoms with E-state index in [4.69, 9.17) is 4.74 Å². The topological polar surface area (TPSA) is 93.5 Å². The van der Waals surface area contributed by atoms with Crippen molar-refractivity contribution in [2.24, 2.45) is 0 Å². The van der Waals surface area contributed by atoms with E-state index in [9.17, 15) is 18.8 Å². The summed E-state index contributed by atoms with van der Waals surface area (Å²) in [5.74, 6) is -1.03. The van der Waals surface area contributed by atoms with Gasteiger partial charge in [-0.1, -0.05) is 18.2 Å². The maximum Gasteiger partial charge on any atom is 0.270 e. The van der Waals surface area contributed by atoms with Crippen LogP contribution in [0.4, 0.5) is 15.8 Å². The zero-order valence-corrected chi connectivity index (χ0v) is 20.4. The van der Waals surface area contributed by atoms with E-state index >= 15 is 0 Å². The lowest BCUT2D eigenvalue weighted by molar-refractivity contribution is -0.119. The molecule has 1 aliphatic heterocycles. The number of anilines is 2. The number of ether oxygens (including phenoxy) is 1. The van der Waals surface area contributed by atoms with E-state index < -0.39 is 23.7 Å². The highest BCUT2D eigenvalue weighted by molar-refractivity contribution is 6.15. The number of hydrogen-bond donors (Lipinski definition) is 1. The predicted octanol–water partition coefficient (Wildman–Crippen LogP) is 5.15. The minimum Gasteiger partial charge on any atom is -0.497 e. The van der Waals surface area contributed by atoms with Gasteiger partial charge in [-0.05, 0) is 54.6 Å². The number of rotatable bonds is 4. The first-order valence-electron chi connectivity index (χ1n) is 11.9. The number of benzene rings is 3. The van der Waals surface area contributed by atoms with Gasteiger partial charge in [0.1, 0.15) is 23.3 Å². The quantitative estimate of drug-likeness (QED) is 0.363. The van der Waals surface area contributed by atoms with Gasteiger partial charge in [0.2, 0.25) is 5.91 Å². The fourth-order valence-corrected chi connectivity index (χ4v) is 5.01. The van der Waals surface area contributed by atoms with E-state index in [1.807, 2.05) is 24.3 Å². The Balaban J connectivity index is 1.40. The van der Waals surface area contributed by atoms with E-state index in [1.165, 1.54) is 49.4 Å². The molecule has 1 unspecified atom stereocenters. The van der Waals surface area contributed by atoms with Crippen molar-refractivity contribution in [2.75, 3.05) is 12.0 Å². The number of carbonyl (C=O) groups excluding carboxylic acids is 3. The number of nitrogens with zero attached hydrogens (tertiary/aromatic N) is 3. The van der Waals surface area contributed by atoms with Gasteiger partial charge < -0.3 is 10.1 Å². The minimum absolute atomic E-state index is 0.0985. The minimum atomic E-state index is -1.02. The number of amides is 2. The van der Waals surface area contributed by atoms with Gasteiger partial charge in [-0.2, -0.15) is 0 Å². The van der Waals surface area contributed by atoms with Crippen LogP contribution in [0.15, 0.2) is 79.0 Å². The average molecular weight is 509 g/mol. The number of methoxy groups -OCH3 is 1. The zero-order valence-electron chi connectivity index (χ0n) is 20.4. The van der Waals surface area contributed by atoms with E-state index in [1.54, 1.807) is 28.8 Å². The molecule has 2 amide bonds. The Labute approximate surface area is 216 Å². The van der Waals surface area contributed by atoms with Gasteiger partial charge in [0.15, 0.2) is 0 Å². The Morgan fingerprint density at radius 2 is 1.74 bits per heavy atom. The summed E-state index contributed by atoms with van der Waals surface area (Å²) in [7, 11) is 1.51. The van der Waals surface area contributed by atoms with Crippen molar-refractivity contribution in [3.8, 4) is 5.75 Å². The van der Waals surface area contributed by atoms with Crippen molar-refractivity contribution in [1.29, 1.82) is 0 Å². The van der Waals surface area contributed by atoms with Crippen molar-refractivity contribution in [3.05, 3.63) is 96.1 Å². The number of para-hydroxylation sites is 1. The molecule has 1 N–H and O–H groups in total. The van der Waals surface area contributed by atoms with Crippen molar-refractivity contribution < 1.29 is 23.5 Å². The number of carbonyl (C=O) groups is 3. The fraction of sp³-hybridized carbons (Fsp3) is 0.103. The molecule has 38 heavy (non-hydrogen) atoms. The van der Waals surface area contributed by atoms with Crippen LogP contribution >= 0.6 is 0 Å². The van der Waals surface area contributed by atoms with Crippen LogP contribution < -0.4 is 15.0 Å². The normalized spacial score (nSPS) is 14.7. The van der Waals surface area contributed by atoms with Crippen molar-refractivity contribution in [1.82, 2.24) is 14.9 Å². The maximum absolute atomic E-state index is 13.6. The summed E-state index contributed by atoms with van der Waals surface area (Å²) in [4.78, 5) is 45.1. The highest BCUT2D eigenvalue weighted by Gasteiger charge is 2.40. The molecule has 5 aromatic rings. The Morgan fingerprint density at radius 1 is 0.974 bits per heavy atom. The smallest absolute Gasteiger partial charge is 0.270 e. The van der Waals surface area contributed by atoms with Gasteiger partial charge in [-0.15, -0.1) is 0 Å². The molecule has 6 rings (SSSR count). The fourth-order valence-electron chi connectivity index (χ4n) is 5.01. The molecule has 9 heteroatoms. The summed E-state index contributed by atoms with van der Waals surface area (Å²) in [5.41, 5.74) is 2.97. The SMILES string of the molecule is COc1ccc2c(c1)C(NC(=O)c1cc3c4ccccc4n(C(C)=O)c3cn1)C(=O)N2c1ccc(F)cc1. The van der Waals surface area contributed by atoms with Gasteiger partial charge in [0.25, 0.3) is 11.8 Å². The van der Waals surface area contributed by atoms with Gasteiger partial charge in [0, 0.05) is 28.9 Å². The second-order valence-corrected chi connectivity index (χ2v) is 8.94. The first-order valence-corrected chi connectivity index (χ1v) is 11.9. The van der Waals surface area contributed by atoms with Crippen molar-refractivity contribution >= 4 is 50.9 Å². The first-order chi connectivity index (χ1) is 18.4. The van der Waals surface area contributed by atoms with Crippen LogP contribution in [0.5, 0.6) is 5.75 Å².